The molecule has 2 aromatic rings. The van der Waals surface area contributed by atoms with E-state index in [1.165, 1.54) is 9.75 Å². The predicted molar refractivity (Wildman–Crippen MR) is 78.2 cm³/mol. The summed E-state index contributed by atoms with van der Waals surface area (Å²) in [4.78, 5) is 6.75. The number of nitrogens with zero attached hydrogens (tertiary/aromatic N) is 1. The van der Waals surface area contributed by atoms with Crippen molar-refractivity contribution in [2.75, 3.05) is 13.2 Å². The second kappa shape index (κ2) is 6.87. The largest absolute Gasteiger partial charge is 0.491 e. The monoisotopic (exact) mass is 326 g/mol. The number of ether oxygens (including phenoxy) is 1. The van der Waals surface area contributed by atoms with E-state index in [2.05, 4.69) is 45.3 Å². The van der Waals surface area contributed by atoms with E-state index in [-0.39, 0.29) is 0 Å². The van der Waals surface area contributed by atoms with Crippen LogP contribution in [0.3, 0.4) is 0 Å². The maximum atomic E-state index is 5.58. The van der Waals surface area contributed by atoms with E-state index in [0.29, 0.717) is 6.61 Å². The Hall–Kier alpha value is -0.910. The summed E-state index contributed by atoms with van der Waals surface area (Å²) in [5.41, 5.74) is 0. The highest BCUT2D eigenvalue weighted by Gasteiger charge is 1.97. The molecule has 3 nitrogen and oxygen atoms in total. The Bertz CT molecular complexity index is 501. The van der Waals surface area contributed by atoms with Crippen molar-refractivity contribution in [2.24, 2.45) is 0 Å². The molecule has 0 saturated carbocycles. The fraction of sp³-hybridized carbons (Fsp3) is 0.308. The molecule has 18 heavy (non-hydrogen) atoms. The summed E-state index contributed by atoms with van der Waals surface area (Å²) in [6, 6.07) is 6.22. The van der Waals surface area contributed by atoms with Crippen LogP contribution < -0.4 is 10.1 Å². The van der Waals surface area contributed by atoms with Crippen LogP contribution in [0.15, 0.2) is 35.1 Å². The van der Waals surface area contributed by atoms with E-state index in [1.807, 2.05) is 17.4 Å². The number of aryl methyl sites for hydroxylation is 1. The van der Waals surface area contributed by atoms with Crippen LogP contribution in [0, 0.1) is 6.92 Å². The van der Waals surface area contributed by atoms with Crippen molar-refractivity contribution in [3.63, 3.8) is 0 Å². The van der Waals surface area contributed by atoms with Gasteiger partial charge < -0.3 is 10.1 Å². The van der Waals surface area contributed by atoms with E-state index in [1.54, 1.807) is 12.4 Å². The molecule has 0 unspecified atom stereocenters. The van der Waals surface area contributed by atoms with Crippen LogP contribution >= 0.6 is 27.3 Å². The lowest BCUT2D eigenvalue weighted by molar-refractivity contribution is 0.312. The maximum Gasteiger partial charge on any atom is 0.138 e. The highest BCUT2D eigenvalue weighted by atomic mass is 79.9. The number of halogens is 1. The topological polar surface area (TPSA) is 34.1 Å². The number of hydrogen-bond acceptors (Lipinski definition) is 4. The Kier molecular flexibility index (Phi) is 5.16. The SMILES string of the molecule is Cc1ccc(CNCCOc2cncc(Br)c2)s1. The third-order valence-corrected chi connectivity index (χ3v) is 3.76. The summed E-state index contributed by atoms with van der Waals surface area (Å²) in [6.45, 7) is 4.49. The first kappa shape index (κ1) is 13.5. The summed E-state index contributed by atoms with van der Waals surface area (Å²) in [5, 5.41) is 3.35. The van der Waals surface area contributed by atoms with Gasteiger partial charge in [0.15, 0.2) is 0 Å². The third-order valence-electron chi connectivity index (χ3n) is 2.32. The molecule has 0 aromatic carbocycles. The zero-order valence-electron chi connectivity index (χ0n) is 10.1. The van der Waals surface area contributed by atoms with Crippen molar-refractivity contribution in [1.29, 1.82) is 0 Å². The van der Waals surface area contributed by atoms with Crippen molar-refractivity contribution in [3.05, 3.63) is 44.8 Å². The molecule has 0 aliphatic rings. The first-order chi connectivity index (χ1) is 8.74. The van der Waals surface area contributed by atoms with Gasteiger partial charge in [-0.05, 0) is 41.1 Å². The van der Waals surface area contributed by atoms with E-state index in [0.717, 1.165) is 23.3 Å². The van der Waals surface area contributed by atoms with Crippen LogP contribution in [-0.4, -0.2) is 18.1 Å². The van der Waals surface area contributed by atoms with E-state index < -0.39 is 0 Å². The molecule has 0 aliphatic heterocycles. The van der Waals surface area contributed by atoms with Crippen molar-refractivity contribution < 1.29 is 4.74 Å². The van der Waals surface area contributed by atoms with Gasteiger partial charge in [-0.25, -0.2) is 0 Å². The Labute approximate surface area is 119 Å². The number of nitrogens with one attached hydrogen (secondary N) is 1. The number of aromatic nitrogens is 1. The highest BCUT2D eigenvalue weighted by Crippen LogP contribution is 2.16. The van der Waals surface area contributed by atoms with Crippen molar-refractivity contribution in [3.8, 4) is 5.75 Å². The van der Waals surface area contributed by atoms with Crippen molar-refractivity contribution >= 4 is 27.3 Å². The second-order valence-electron chi connectivity index (χ2n) is 3.88. The van der Waals surface area contributed by atoms with Gasteiger partial charge in [0, 0.05) is 33.5 Å². The molecular formula is C13H15BrN2OS. The molecule has 0 spiro atoms. The number of thiophene rings is 1. The summed E-state index contributed by atoms with van der Waals surface area (Å²) >= 11 is 5.19. The number of pyridine rings is 1. The fourth-order valence-electron chi connectivity index (χ4n) is 1.50. The van der Waals surface area contributed by atoms with Gasteiger partial charge in [-0.3, -0.25) is 4.98 Å². The highest BCUT2D eigenvalue weighted by molar-refractivity contribution is 9.10. The van der Waals surface area contributed by atoms with Crippen LogP contribution in [0.5, 0.6) is 5.75 Å². The Morgan fingerprint density at radius 3 is 3.00 bits per heavy atom. The van der Waals surface area contributed by atoms with Crippen LogP contribution in [-0.2, 0) is 6.54 Å². The quantitative estimate of drug-likeness (QED) is 0.826. The molecule has 5 heteroatoms. The zero-order chi connectivity index (χ0) is 12.8. The van der Waals surface area contributed by atoms with Crippen LogP contribution in [0.1, 0.15) is 9.75 Å². The molecule has 0 radical (unpaired) electrons. The van der Waals surface area contributed by atoms with Gasteiger partial charge in [-0.15, -0.1) is 11.3 Å². The van der Waals surface area contributed by atoms with Gasteiger partial charge in [-0.1, -0.05) is 0 Å². The molecular weight excluding hydrogens is 312 g/mol. The van der Waals surface area contributed by atoms with Crippen molar-refractivity contribution in [2.45, 2.75) is 13.5 Å². The fourth-order valence-corrected chi connectivity index (χ4v) is 2.71. The summed E-state index contributed by atoms with van der Waals surface area (Å²) in [6.07, 6.45) is 3.46. The molecule has 2 heterocycles. The summed E-state index contributed by atoms with van der Waals surface area (Å²) in [7, 11) is 0. The van der Waals surface area contributed by atoms with Crippen molar-refractivity contribution in [1.82, 2.24) is 10.3 Å². The lowest BCUT2D eigenvalue weighted by Gasteiger charge is -2.06. The molecule has 0 aliphatic carbocycles. The predicted octanol–water partition coefficient (Wildman–Crippen LogP) is 3.38. The van der Waals surface area contributed by atoms with E-state index in [9.17, 15) is 0 Å². The molecule has 0 fully saturated rings. The van der Waals surface area contributed by atoms with E-state index >= 15 is 0 Å². The molecule has 0 bridgehead atoms. The molecule has 0 amide bonds. The Morgan fingerprint density at radius 2 is 2.28 bits per heavy atom. The van der Waals surface area contributed by atoms with Gasteiger partial charge in [0.1, 0.15) is 12.4 Å². The first-order valence-corrected chi connectivity index (χ1v) is 7.34. The lowest BCUT2D eigenvalue weighted by atomic mass is 10.4. The molecule has 2 aromatic heterocycles. The standard InChI is InChI=1S/C13H15BrN2OS/c1-10-2-3-13(18-10)9-15-4-5-17-12-6-11(14)7-16-8-12/h2-3,6-8,15H,4-5,9H2,1H3. The van der Waals surface area contributed by atoms with E-state index in [4.69, 9.17) is 4.74 Å². The minimum absolute atomic E-state index is 0.641. The molecule has 96 valence electrons. The number of rotatable bonds is 6. The Morgan fingerprint density at radius 1 is 1.39 bits per heavy atom. The molecule has 1 N–H and O–H groups in total. The second-order valence-corrected chi connectivity index (χ2v) is 6.16. The molecule has 0 saturated heterocycles. The Balaban J connectivity index is 1.64. The third kappa shape index (κ3) is 4.40. The molecule has 2 rings (SSSR count). The maximum absolute atomic E-state index is 5.58. The van der Waals surface area contributed by atoms with Crippen LogP contribution in [0.2, 0.25) is 0 Å². The van der Waals surface area contributed by atoms with Gasteiger partial charge in [-0.2, -0.15) is 0 Å². The summed E-state index contributed by atoms with van der Waals surface area (Å²) in [5.74, 6) is 0.790. The van der Waals surface area contributed by atoms with Gasteiger partial charge in [0.25, 0.3) is 0 Å². The lowest BCUT2D eigenvalue weighted by Crippen LogP contribution is -2.20. The van der Waals surface area contributed by atoms with Crippen LogP contribution in [0.25, 0.3) is 0 Å². The molecule has 0 atom stereocenters. The zero-order valence-corrected chi connectivity index (χ0v) is 12.6. The average Bonchev–Trinajstić information content (AvgIpc) is 2.75. The average molecular weight is 327 g/mol. The number of hydrogen-bond donors (Lipinski definition) is 1. The van der Waals surface area contributed by atoms with Gasteiger partial charge in [0.2, 0.25) is 0 Å². The van der Waals surface area contributed by atoms with Crippen LogP contribution in [0.4, 0.5) is 0 Å². The normalized spacial score (nSPS) is 10.6. The van der Waals surface area contributed by atoms with Gasteiger partial charge >= 0.3 is 0 Å². The smallest absolute Gasteiger partial charge is 0.138 e. The summed E-state index contributed by atoms with van der Waals surface area (Å²) < 4.78 is 6.51. The first-order valence-electron chi connectivity index (χ1n) is 5.73. The minimum Gasteiger partial charge on any atom is -0.491 e. The minimum atomic E-state index is 0.641. The van der Waals surface area contributed by atoms with Gasteiger partial charge in [0.05, 0.1) is 6.20 Å².